The molecule has 1 aliphatic heterocycles. The molecule has 1 saturated heterocycles. The van der Waals surface area contributed by atoms with Crippen molar-refractivity contribution in [1.82, 2.24) is 4.90 Å². The zero-order chi connectivity index (χ0) is 18.2. The summed E-state index contributed by atoms with van der Waals surface area (Å²) in [6.45, 7) is 2.78. The van der Waals surface area contributed by atoms with Gasteiger partial charge in [-0.1, -0.05) is 18.2 Å². The lowest BCUT2D eigenvalue weighted by Gasteiger charge is -2.30. The van der Waals surface area contributed by atoms with Crippen LogP contribution in [0.1, 0.15) is 12.5 Å². The number of carbonyl (C=O) groups is 2. The van der Waals surface area contributed by atoms with E-state index < -0.39 is 0 Å². The van der Waals surface area contributed by atoms with Crippen molar-refractivity contribution >= 4 is 29.7 Å². The van der Waals surface area contributed by atoms with Crippen molar-refractivity contribution in [3.05, 3.63) is 29.8 Å². The van der Waals surface area contributed by atoms with E-state index in [9.17, 15) is 9.59 Å². The Kier molecular flexibility index (Phi) is 7.18. The first-order chi connectivity index (χ1) is 12.1. The van der Waals surface area contributed by atoms with Crippen LogP contribution in [0.4, 0.5) is 0 Å². The summed E-state index contributed by atoms with van der Waals surface area (Å²) >= 11 is 1.51. The van der Waals surface area contributed by atoms with Crippen LogP contribution in [0, 0.1) is 0 Å². The Morgan fingerprint density at radius 2 is 2.12 bits per heavy atom. The van der Waals surface area contributed by atoms with Gasteiger partial charge < -0.3 is 19.1 Å². The van der Waals surface area contributed by atoms with Crippen molar-refractivity contribution in [3.8, 4) is 11.5 Å². The summed E-state index contributed by atoms with van der Waals surface area (Å²) in [7, 11) is 2.92. The fourth-order valence-electron chi connectivity index (χ4n) is 2.48. The Labute approximate surface area is 152 Å². The van der Waals surface area contributed by atoms with Gasteiger partial charge in [-0.05, 0) is 24.6 Å². The maximum Gasteiger partial charge on any atom is 0.320 e. The maximum absolute atomic E-state index is 12.4. The van der Waals surface area contributed by atoms with E-state index >= 15 is 0 Å². The van der Waals surface area contributed by atoms with Crippen molar-refractivity contribution in [2.24, 2.45) is 0 Å². The molecule has 1 fully saturated rings. The number of hydrogen-bond donors (Lipinski definition) is 0. The number of esters is 1. The zero-order valence-corrected chi connectivity index (χ0v) is 15.5. The topological polar surface area (TPSA) is 65.1 Å². The molecule has 0 radical (unpaired) electrons. The lowest BCUT2D eigenvalue weighted by Crippen LogP contribution is -2.46. The van der Waals surface area contributed by atoms with Crippen LogP contribution >= 0.6 is 11.8 Å². The van der Waals surface area contributed by atoms with Crippen LogP contribution in [-0.2, 0) is 14.3 Å². The smallest absolute Gasteiger partial charge is 0.320 e. The number of hydrogen-bond acceptors (Lipinski definition) is 6. The van der Waals surface area contributed by atoms with Crippen molar-refractivity contribution < 1.29 is 23.8 Å². The number of carbonyl (C=O) groups excluding carboxylic acids is 2. The number of rotatable bonds is 6. The molecular formula is C18H23NO5S. The minimum atomic E-state index is -0.336. The summed E-state index contributed by atoms with van der Waals surface area (Å²) in [6, 6.07) is 5.53. The molecule has 0 saturated carbocycles. The zero-order valence-electron chi connectivity index (χ0n) is 14.7. The Morgan fingerprint density at radius 3 is 2.80 bits per heavy atom. The molecule has 0 aliphatic carbocycles. The lowest BCUT2D eigenvalue weighted by atomic mass is 10.2. The first-order valence-electron chi connectivity index (χ1n) is 7.99. The minimum absolute atomic E-state index is 0.0993. The molecule has 1 amide bonds. The molecule has 0 aromatic heterocycles. The van der Waals surface area contributed by atoms with Gasteiger partial charge >= 0.3 is 5.97 Å². The first kappa shape index (κ1) is 19.2. The quantitative estimate of drug-likeness (QED) is 0.721. The van der Waals surface area contributed by atoms with Gasteiger partial charge in [0.1, 0.15) is 5.25 Å². The molecule has 136 valence electrons. The number of allylic oxidation sites excluding steroid dienone is 1. The molecule has 1 atom stereocenters. The van der Waals surface area contributed by atoms with Crippen molar-refractivity contribution in [1.29, 1.82) is 0 Å². The fraction of sp³-hybridized carbons (Fsp3) is 0.444. The Morgan fingerprint density at radius 1 is 1.32 bits per heavy atom. The van der Waals surface area contributed by atoms with E-state index in [1.165, 1.54) is 18.9 Å². The van der Waals surface area contributed by atoms with Crippen molar-refractivity contribution in [2.45, 2.75) is 12.2 Å². The van der Waals surface area contributed by atoms with Gasteiger partial charge in [0, 0.05) is 18.8 Å². The molecule has 1 aliphatic rings. The molecule has 25 heavy (non-hydrogen) atoms. The van der Waals surface area contributed by atoms with Gasteiger partial charge in [0.25, 0.3) is 5.91 Å². The normalized spacial score (nSPS) is 17.4. The lowest BCUT2D eigenvalue weighted by molar-refractivity contribution is -0.141. The van der Waals surface area contributed by atoms with Crippen LogP contribution in [0.2, 0.25) is 0 Å². The highest BCUT2D eigenvalue weighted by Crippen LogP contribution is 2.29. The highest BCUT2D eigenvalue weighted by Gasteiger charge is 2.29. The third-order valence-corrected chi connectivity index (χ3v) is 4.94. The number of nitrogens with zero attached hydrogens (tertiary/aromatic N) is 1. The molecule has 0 unspecified atom stereocenters. The standard InChI is InChI=1S/C18H23NO5S/c1-4-5-13-6-7-14(15(10-13)22-2)24-12-17(20)19-8-9-25-16(11-19)18(21)23-3/h4-7,10,16H,8-9,11-12H2,1-3H3/b5-4+/t16-/m1/s1. The molecular weight excluding hydrogens is 342 g/mol. The Balaban J connectivity index is 1.96. The summed E-state index contributed by atoms with van der Waals surface area (Å²) in [5.74, 6) is 1.33. The van der Waals surface area contributed by atoms with E-state index in [1.807, 2.05) is 31.2 Å². The van der Waals surface area contributed by atoms with E-state index in [-0.39, 0.29) is 23.7 Å². The second-order valence-corrected chi connectivity index (χ2v) is 6.73. The van der Waals surface area contributed by atoms with Crippen molar-refractivity contribution in [3.63, 3.8) is 0 Å². The largest absolute Gasteiger partial charge is 0.493 e. The number of thioether (sulfide) groups is 1. The summed E-state index contributed by atoms with van der Waals surface area (Å²) in [5.41, 5.74) is 0.993. The number of amides is 1. The van der Waals surface area contributed by atoms with Crippen LogP contribution < -0.4 is 9.47 Å². The Bertz CT molecular complexity index is 646. The van der Waals surface area contributed by atoms with Gasteiger partial charge in [0.15, 0.2) is 18.1 Å². The van der Waals surface area contributed by atoms with Gasteiger partial charge in [-0.3, -0.25) is 9.59 Å². The number of benzene rings is 1. The SMILES string of the molecule is C/C=C/c1ccc(OCC(=O)N2CCS[C@@H](C(=O)OC)C2)c(OC)c1. The molecule has 0 spiro atoms. The first-order valence-corrected chi connectivity index (χ1v) is 9.04. The van der Waals surface area contributed by atoms with Gasteiger partial charge in [-0.15, -0.1) is 11.8 Å². The maximum atomic E-state index is 12.4. The third kappa shape index (κ3) is 5.16. The molecule has 1 aromatic carbocycles. The van der Waals surface area contributed by atoms with E-state index in [4.69, 9.17) is 14.2 Å². The van der Waals surface area contributed by atoms with Crippen LogP contribution in [-0.4, -0.2) is 61.7 Å². The summed E-state index contributed by atoms with van der Waals surface area (Å²) < 4.78 is 15.7. The average molecular weight is 365 g/mol. The number of ether oxygens (including phenoxy) is 3. The summed E-state index contributed by atoms with van der Waals surface area (Å²) in [5, 5.41) is -0.336. The van der Waals surface area contributed by atoms with E-state index in [0.29, 0.717) is 30.3 Å². The number of methoxy groups -OCH3 is 2. The average Bonchev–Trinajstić information content (AvgIpc) is 2.66. The van der Waals surface area contributed by atoms with E-state index in [1.54, 1.807) is 18.1 Å². The molecule has 1 aromatic rings. The molecule has 2 rings (SSSR count). The van der Waals surface area contributed by atoms with Crippen molar-refractivity contribution in [2.75, 3.05) is 39.7 Å². The van der Waals surface area contributed by atoms with Gasteiger partial charge in [0.2, 0.25) is 0 Å². The summed E-state index contributed by atoms with van der Waals surface area (Å²) in [6.07, 6.45) is 3.89. The van der Waals surface area contributed by atoms with Crippen LogP contribution in [0.15, 0.2) is 24.3 Å². The molecule has 6 nitrogen and oxygen atoms in total. The van der Waals surface area contributed by atoms with Crippen LogP contribution in [0.25, 0.3) is 6.08 Å². The highest BCUT2D eigenvalue weighted by molar-refractivity contribution is 8.00. The van der Waals surface area contributed by atoms with Gasteiger partial charge in [0.05, 0.1) is 14.2 Å². The molecule has 0 bridgehead atoms. The van der Waals surface area contributed by atoms with E-state index in [2.05, 4.69) is 0 Å². The van der Waals surface area contributed by atoms with Crippen LogP contribution in [0.5, 0.6) is 11.5 Å². The fourth-order valence-corrected chi connectivity index (χ4v) is 3.61. The Hall–Kier alpha value is -2.15. The monoisotopic (exact) mass is 365 g/mol. The van der Waals surface area contributed by atoms with Gasteiger partial charge in [-0.25, -0.2) is 0 Å². The summed E-state index contributed by atoms with van der Waals surface area (Å²) in [4.78, 5) is 25.7. The predicted octanol–water partition coefficient (Wildman–Crippen LogP) is 2.22. The molecule has 1 heterocycles. The molecule has 0 N–H and O–H groups in total. The van der Waals surface area contributed by atoms with Gasteiger partial charge in [-0.2, -0.15) is 0 Å². The minimum Gasteiger partial charge on any atom is -0.493 e. The second kappa shape index (κ2) is 9.36. The highest BCUT2D eigenvalue weighted by atomic mass is 32.2. The third-order valence-electron chi connectivity index (χ3n) is 3.78. The predicted molar refractivity (Wildman–Crippen MR) is 98.0 cm³/mol. The second-order valence-electron chi connectivity index (χ2n) is 5.42. The van der Waals surface area contributed by atoms with E-state index in [0.717, 1.165) is 5.56 Å². The van der Waals surface area contributed by atoms with Crippen LogP contribution in [0.3, 0.4) is 0 Å². The molecule has 7 heteroatoms.